The largest absolute Gasteiger partial charge is 0.338 e. The zero-order chi connectivity index (χ0) is 13.1. The van der Waals surface area contributed by atoms with Gasteiger partial charge >= 0.3 is 0 Å². The molecule has 19 heavy (non-hydrogen) atoms. The number of rotatable bonds is 2. The molecule has 4 heteroatoms. The van der Waals surface area contributed by atoms with Crippen molar-refractivity contribution in [3.05, 3.63) is 65.7 Å². The molecule has 0 spiro atoms. The Morgan fingerprint density at radius 1 is 1.05 bits per heavy atom. The summed E-state index contributed by atoms with van der Waals surface area (Å²) in [4.78, 5) is 4.51. The topological polar surface area (TPSA) is 62.8 Å². The Bertz CT molecular complexity index is 644. The van der Waals surface area contributed by atoms with Gasteiger partial charge in [0.05, 0.1) is 6.54 Å². The van der Waals surface area contributed by atoms with E-state index in [2.05, 4.69) is 21.5 Å². The van der Waals surface area contributed by atoms with Crippen LogP contribution in [0.2, 0.25) is 0 Å². The Labute approximate surface area is 111 Å². The number of nitrogens with zero attached hydrogens (tertiary/aromatic N) is 2. The molecule has 0 radical (unpaired) electrons. The van der Waals surface area contributed by atoms with Crippen molar-refractivity contribution in [3.8, 4) is 0 Å². The summed E-state index contributed by atoms with van der Waals surface area (Å²) < 4.78 is 0. The molecule has 2 aromatic carbocycles. The highest BCUT2D eigenvalue weighted by Crippen LogP contribution is 2.20. The molecule has 0 amide bonds. The Kier molecular flexibility index (Phi) is 2.98. The second-order valence-electron chi connectivity index (χ2n) is 4.29. The summed E-state index contributed by atoms with van der Waals surface area (Å²) in [6.45, 7) is 0.643. The summed E-state index contributed by atoms with van der Waals surface area (Å²) in [6, 6.07) is 17.9. The molecule has 3 rings (SSSR count). The van der Waals surface area contributed by atoms with E-state index in [-0.39, 0.29) is 0 Å². The number of para-hydroxylation sites is 1. The molecule has 1 aliphatic heterocycles. The van der Waals surface area contributed by atoms with E-state index in [9.17, 15) is 0 Å². The minimum Gasteiger partial charge on any atom is -0.338 e. The van der Waals surface area contributed by atoms with Gasteiger partial charge in [-0.1, -0.05) is 48.5 Å². The number of aliphatic imine (C=N–C) groups is 1. The summed E-state index contributed by atoms with van der Waals surface area (Å²) in [5.41, 5.74) is 3.87. The standard InChI is InChI=1S/C15H14N4/c16-19-14(11-6-2-1-3-7-11)15-17-10-12-8-4-5-9-13(12)18-15/h1-9H,10,16H2,(H,17,18)/b19-14-. The van der Waals surface area contributed by atoms with Crippen LogP contribution in [0.1, 0.15) is 11.1 Å². The predicted molar refractivity (Wildman–Crippen MR) is 78.4 cm³/mol. The van der Waals surface area contributed by atoms with E-state index in [1.807, 2.05) is 48.5 Å². The minimum atomic E-state index is 0.643. The minimum absolute atomic E-state index is 0.643. The first-order valence-corrected chi connectivity index (χ1v) is 6.11. The zero-order valence-corrected chi connectivity index (χ0v) is 10.4. The van der Waals surface area contributed by atoms with Gasteiger partial charge in [-0.05, 0) is 11.6 Å². The van der Waals surface area contributed by atoms with Crippen molar-refractivity contribution < 1.29 is 0 Å². The summed E-state index contributed by atoms with van der Waals surface area (Å²) in [5.74, 6) is 6.24. The lowest BCUT2D eigenvalue weighted by atomic mass is 10.1. The fraction of sp³-hybridized carbons (Fsp3) is 0.0667. The number of anilines is 1. The highest BCUT2D eigenvalue weighted by atomic mass is 15.2. The van der Waals surface area contributed by atoms with Crippen molar-refractivity contribution >= 4 is 17.2 Å². The Balaban J connectivity index is 1.94. The average molecular weight is 250 g/mol. The van der Waals surface area contributed by atoms with E-state index in [1.54, 1.807) is 0 Å². The monoisotopic (exact) mass is 250 g/mol. The SMILES string of the molecule is N/N=C(\C1=NCc2ccccc2N1)c1ccccc1. The second-order valence-corrected chi connectivity index (χ2v) is 4.29. The van der Waals surface area contributed by atoms with Gasteiger partial charge in [-0.15, -0.1) is 0 Å². The summed E-state index contributed by atoms with van der Waals surface area (Å²) >= 11 is 0. The molecule has 3 N–H and O–H groups in total. The third-order valence-corrected chi connectivity index (χ3v) is 3.08. The van der Waals surface area contributed by atoms with Crippen LogP contribution in [-0.2, 0) is 6.54 Å². The molecule has 0 unspecified atom stereocenters. The van der Waals surface area contributed by atoms with Crippen LogP contribution in [0.4, 0.5) is 5.69 Å². The lowest BCUT2D eigenvalue weighted by Gasteiger charge is -2.19. The molecule has 0 bridgehead atoms. The molecule has 0 fully saturated rings. The molecular weight excluding hydrogens is 236 g/mol. The van der Waals surface area contributed by atoms with Crippen LogP contribution in [0.15, 0.2) is 64.7 Å². The summed E-state index contributed by atoms with van der Waals surface area (Å²) in [5, 5.41) is 7.16. The first-order chi connectivity index (χ1) is 9.38. The number of hydrazone groups is 1. The van der Waals surface area contributed by atoms with Crippen LogP contribution < -0.4 is 11.2 Å². The first kappa shape index (κ1) is 11.5. The number of hydrogen-bond donors (Lipinski definition) is 2. The van der Waals surface area contributed by atoms with Gasteiger partial charge in [0.25, 0.3) is 0 Å². The van der Waals surface area contributed by atoms with Crippen molar-refractivity contribution in [1.29, 1.82) is 0 Å². The van der Waals surface area contributed by atoms with Gasteiger partial charge in [0.1, 0.15) is 5.71 Å². The molecule has 1 aliphatic rings. The highest BCUT2D eigenvalue weighted by Gasteiger charge is 2.16. The van der Waals surface area contributed by atoms with Gasteiger partial charge < -0.3 is 11.2 Å². The van der Waals surface area contributed by atoms with Crippen LogP contribution in [-0.4, -0.2) is 11.5 Å². The Morgan fingerprint density at radius 2 is 1.79 bits per heavy atom. The fourth-order valence-electron chi connectivity index (χ4n) is 2.11. The molecule has 1 heterocycles. The van der Waals surface area contributed by atoms with Gasteiger partial charge in [0.2, 0.25) is 0 Å². The smallest absolute Gasteiger partial charge is 0.154 e. The number of nitrogens with two attached hydrogens (primary N) is 1. The third-order valence-electron chi connectivity index (χ3n) is 3.08. The van der Waals surface area contributed by atoms with Crippen molar-refractivity contribution in [2.24, 2.45) is 15.9 Å². The lowest BCUT2D eigenvalue weighted by molar-refractivity contribution is 1.05. The maximum Gasteiger partial charge on any atom is 0.154 e. The van der Waals surface area contributed by atoms with Gasteiger partial charge in [0, 0.05) is 11.3 Å². The molecule has 0 atom stereocenters. The average Bonchev–Trinajstić information content (AvgIpc) is 2.49. The van der Waals surface area contributed by atoms with Crippen LogP contribution in [0.25, 0.3) is 0 Å². The molecule has 0 saturated carbocycles. The number of fused-ring (bicyclic) bond motifs is 1. The Hall–Kier alpha value is -2.62. The van der Waals surface area contributed by atoms with Gasteiger partial charge in [0.15, 0.2) is 5.84 Å². The number of amidine groups is 1. The van der Waals surface area contributed by atoms with Crippen molar-refractivity contribution in [2.75, 3.05) is 5.32 Å². The van der Waals surface area contributed by atoms with Gasteiger partial charge in [-0.3, -0.25) is 4.99 Å². The van der Waals surface area contributed by atoms with Crippen molar-refractivity contribution in [1.82, 2.24) is 0 Å². The molecule has 4 nitrogen and oxygen atoms in total. The van der Waals surface area contributed by atoms with E-state index in [0.29, 0.717) is 18.1 Å². The van der Waals surface area contributed by atoms with E-state index >= 15 is 0 Å². The number of benzene rings is 2. The van der Waals surface area contributed by atoms with Crippen LogP contribution in [0.3, 0.4) is 0 Å². The van der Waals surface area contributed by atoms with E-state index in [4.69, 9.17) is 5.84 Å². The molecule has 2 aromatic rings. The van der Waals surface area contributed by atoms with Crippen LogP contribution in [0.5, 0.6) is 0 Å². The molecule has 0 aliphatic carbocycles. The zero-order valence-electron chi connectivity index (χ0n) is 10.4. The maximum absolute atomic E-state index is 5.52. The third kappa shape index (κ3) is 2.20. The summed E-state index contributed by atoms with van der Waals surface area (Å²) in [7, 11) is 0. The predicted octanol–water partition coefficient (Wildman–Crippen LogP) is 2.37. The molecule has 0 saturated heterocycles. The number of nitrogens with one attached hydrogen (secondary N) is 1. The molecule has 0 aromatic heterocycles. The van der Waals surface area contributed by atoms with E-state index in [1.165, 1.54) is 5.56 Å². The van der Waals surface area contributed by atoms with Gasteiger partial charge in [-0.2, -0.15) is 5.10 Å². The Morgan fingerprint density at radius 3 is 2.58 bits per heavy atom. The van der Waals surface area contributed by atoms with Crippen molar-refractivity contribution in [3.63, 3.8) is 0 Å². The summed E-state index contributed by atoms with van der Waals surface area (Å²) in [6.07, 6.45) is 0. The molecular formula is C15H14N4. The fourth-order valence-corrected chi connectivity index (χ4v) is 2.11. The van der Waals surface area contributed by atoms with Crippen molar-refractivity contribution in [2.45, 2.75) is 6.54 Å². The van der Waals surface area contributed by atoms with Crippen LogP contribution in [0, 0.1) is 0 Å². The molecule has 94 valence electrons. The lowest BCUT2D eigenvalue weighted by Crippen LogP contribution is -2.28. The maximum atomic E-state index is 5.52. The van der Waals surface area contributed by atoms with Crippen LogP contribution >= 0.6 is 0 Å². The van der Waals surface area contributed by atoms with Gasteiger partial charge in [-0.25, -0.2) is 0 Å². The van der Waals surface area contributed by atoms with E-state index in [0.717, 1.165) is 11.3 Å². The first-order valence-electron chi connectivity index (χ1n) is 6.11. The highest BCUT2D eigenvalue weighted by molar-refractivity contribution is 6.51. The van der Waals surface area contributed by atoms with E-state index < -0.39 is 0 Å². The normalized spacial score (nSPS) is 14.3. The second kappa shape index (κ2) is 4.94. The quantitative estimate of drug-likeness (QED) is 0.488. The number of hydrogen-bond acceptors (Lipinski definition) is 4.